The second-order valence-electron chi connectivity index (χ2n) is 11.9. The van der Waals surface area contributed by atoms with E-state index < -0.39 is 28.5 Å². The van der Waals surface area contributed by atoms with E-state index in [0.29, 0.717) is 33.0 Å². The number of hydrogen-bond acceptors (Lipinski definition) is 5. The molecular formula is C37H38Cl3N3O5S. The molecule has 1 saturated carbocycles. The first kappa shape index (κ1) is 36.5. The number of amides is 2. The van der Waals surface area contributed by atoms with Gasteiger partial charge in [0.1, 0.15) is 18.3 Å². The highest BCUT2D eigenvalue weighted by Gasteiger charge is 2.35. The first-order chi connectivity index (χ1) is 23.5. The van der Waals surface area contributed by atoms with E-state index >= 15 is 0 Å². The number of benzene rings is 4. The van der Waals surface area contributed by atoms with Crippen LogP contribution in [0, 0.1) is 0 Å². The Balaban J connectivity index is 1.57. The number of carbonyl (C=O) groups excluding carboxylic acids is 2. The fourth-order valence-electron chi connectivity index (χ4n) is 5.89. The molecule has 0 spiro atoms. The van der Waals surface area contributed by atoms with E-state index in [4.69, 9.17) is 39.5 Å². The summed E-state index contributed by atoms with van der Waals surface area (Å²) in [4.78, 5) is 30.2. The van der Waals surface area contributed by atoms with Gasteiger partial charge in [-0.3, -0.25) is 13.9 Å². The highest BCUT2D eigenvalue weighted by molar-refractivity contribution is 7.92. The average molecular weight is 743 g/mol. The van der Waals surface area contributed by atoms with Gasteiger partial charge in [-0.15, -0.1) is 0 Å². The smallest absolute Gasteiger partial charge is 0.264 e. The molecule has 1 N–H and O–H groups in total. The molecule has 0 aromatic heterocycles. The van der Waals surface area contributed by atoms with Crippen molar-refractivity contribution in [2.45, 2.75) is 62.6 Å². The second-order valence-corrected chi connectivity index (χ2v) is 15.0. The van der Waals surface area contributed by atoms with Gasteiger partial charge >= 0.3 is 0 Å². The predicted molar refractivity (Wildman–Crippen MR) is 195 cm³/mol. The van der Waals surface area contributed by atoms with E-state index in [9.17, 15) is 18.0 Å². The van der Waals surface area contributed by atoms with Crippen LogP contribution >= 0.6 is 34.8 Å². The Kier molecular flexibility index (Phi) is 12.5. The lowest BCUT2D eigenvalue weighted by Gasteiger charge is -2.34. The Hall–Kier alpha value is -3.76. The van der Waals surface area contributed by atoms with Crippen molar-refractivity contribution in [1.82, 2.24) is 10.2 Å². The average Bonchev–Trinajstić information content (AvgIpc) is 3.61. The molecule has 1 aliphatic carbocycles. The van der Waals surface area contributed by atoms with E-state index in [1.165, 1.54) is 29.2 Å². The van der Waals surface area contributed by atoms with Gasteiger partial charge in [0, 0.05) is 24.0 Å². The molecule has 1 aliphatic rings. The molecule has 49 heavy (non-hydrogen) atoms. The molecule has 0 saturated heterocycles. The zero-order chi connectivity index (χ0) is 35.0. The fourth-order valence-corrected chi connectivity index (χ4v) is 7.75. The van der Waals surface area contributed by atoms with Gasteiger partial charge in [0.25, 0.3) is 10.0 Å². The van der Waals surface area contributed by atoms with Crippen molar-refractivity contribution in [2.24, 2.45) is 0 Å². The molecule has 1 atom stereocenters. The third kappa shape index (κ3) is 9.48. The van der Waals surface area contributed by atoms with Gasteiger partial charge in [-0.2, -0.15) is 0 Å². The summed E-state index contributed by atoms with van der Waals surface area (Å²) in [6, 6.07) is 25.7. The SMILES string of the molecule is CCOc1ccc(N(CC(=O)N(Cc2ccc(Cl)c(Cl)c2)C(Cc2ccccc2)C(=O)NC2CCCC2)S(=O)(=O)c2ccc(Cl)cc2)cc1. The lowest BCUT2D eigenvalue weighted by atomic mass is 10.0. The van der Waals surface area contributed by atoms with Gasteiger partial charge in [0.05, 0.1) is 27.2 Å². The van der Waals surface area contributed by atoms with Crippen LogP contribution in [0.5, 0.6) is 5.75 Å². The molecule has 1 unspecified atom stereocenters. The third-order valence-corrected chi connectivity index (χ3v) is 11.2. The van der Waals surface area contributed by atoms with Crippen molar-refractivity contribution in [3.63, 3.8) is 0 Å². The molecule has 5 rings (SSSR count). The summed E-state index contributed by atoms with van der Waals surface area (Å²) >= 11 is 18.7. The van der Waals surface area contributed by atoms with Gasteiger partial charge in [0.2, 0.25) is 11.8 Å². The molecule has 0 radical (unpaired) electrons. The van der Waals surface area contributed by atoms with E-state index in [-0.39, 0.29) is 35.5 Å². The summed E-state index contributed by atoms with van der Waals surface area (Å²) in [6.45, 7) is 1.66. The van der Waals surface area contributed by atoms with Crippen LogP contribution < -0.4 is 14.4 Å². The van der Waals surface area contributed by atoms with Crippen LogP contribution in [0.1, 0.15) is 43.7 Å². The number of nitrogens with zero attached hydrogens (tertiary/aromatic N) is 2. The number of hydrogen-bond donors (Lipinski definition) is 1. The van der Waals surface area contributed by atoms with Crippen LogP contribution in [-0.4, -0.2) is 50.4 Å². The first-order valence-corrected chi connectivity index (χ1v) is 18.7. The van der Waals surface area contributed by atoms with Crippen LogP contribution in [0.3, 0.4) is 0 Å². The van der Waals surface area contributed by atoms with Crippen molar-refractivity contribution in [3.05, 3.63) is 123 Å². The maximum absolute atomic E-state index is 14.7. The topological polar surface area (TPSA) is 96.0 Å². The molecule has 12 heteroatoms. The van der Waals surface area contributed by atoms with E-state index in [2.05, 4.69) is 5.32 Å². The minimum absolute atomic E-state index is 0.00154. The highest BCUT2D eigenvalue weighted by atomic mass is 35.5. The van der Waals surface area contributed by atoms with Gasteiger partial charge in [-0.25, -0.2) is 8.42 Å². The van der Waals surface area contributed by atoms with Crippen LogP contribution in [0.25, 0.3) is 0 Å². The monoisotopic (exact) mass is 741 g/mol. The number of nitrogens with one attached hydrogen (secondary N) is 1. The normalized spacial score (nSPS) is 13.9. The molecule has 258 valence electrons. The lowest BCUT2D eigenvalue weighted by molar-refractivity contribution is -0.140. The molecule has 0 heterocycles. The molecule has 1 fully saturated rings. The van der Waals surface area contributed by atoms with Gasteiger partial charge < -0.3 is 15.0 Å². The van der Waals surface area contributed by atoms with Crippen molar-refractivity contribution < 1.29 is 22.7 Å². The summed E-state index contributed by atoms with van der Waals surface area (Å²) in [5.74, 6) is -0.341. The highest BCUT2D eigenvalue weighted by Crippen LogP contribution is 2.29. The Morgan fingerprint density at radius 3 is 2.16 bits per heavy atom. The zero-order valence-corrected chi connectivity index (χ0v) is 30.1. The number of sulfonamides is 1. The summed E-state index contributed by atoms with van der Waals surface area (Å²) in [7, 11) is -4.29. The third-order valence-electron chi connectivity index (χ3n) is 8.43. The number of rotatable bonds is 14. The number of halogens is 3. The van der Waals surface area contributed by atoms with Crippen molar-refractivity contribution in [3.8, 4) is 5.75 Å². The minimum atomic E-state index is -4.29. The molecule has 0 aliphatic heterocycles. The summed E-state index contributed by atoms with van der Waals surface area (Å²) in [6.07, 6.45) is 3.95. The van der Waals surface area contributed by atoms with E-state index in [0.717, 1.165) is 35.6 Å². The second kappa shape index (κ2) is 16.8. The Morgan fingerprint density at radius 2 is 1.53 bits per heavy atom. The van der Waals surface area contributed by atoms with Gasteiger partial charge in [0.15, 0.2) is 0 Å². The molecule has 8 nitrogen and oxygen atoms in total. The standard InChI is InChI=1S/C37H38Cl3N3O5S/c1-2-48-31-17-15-30(16-18-31)43(49(46,47)32-19-13-28(38)14-20-32)25-36(44)42(24-27-12-21-33(39)34(40)22-27)35(23-26-8-4-3-5-9-26)37(45)41-29-10-6-7-11-29/h3-5,8-9,12-22,29,35H,2,6-7,10-11,23-25H2,1H3,(H,41,45). The summed E-state index contributed by atoms with van der Waals surface area (Å²) in [5, 5.41) is 4.18. The van der Waals surface area contributed by atoms with E-state index in [1.807, 2.05) is 37.3 Å². The molecule has 2 amide bonds. The summed E-state index contributed by atoms with van der Waals surface area (Å²) < 4.78 is 35.1. The van der Waals surface area contributed by atoms with Crippen LogP contribution in [0.2, 0.25) is 15.1 Å². The van der Waals surface area contributed by atoms with E-state index in [1.54, 1.807) is 42.5 Å². The van der Waals surface area contributed by atoms with Crippen LogP contribution in [-0.2, 0) is 32.6 Å². The first-order valence-electron chi connectivity index (χ1n) is 16.1. The zero-order valence-electron chi connectivity index (χ0n) is 27.0. The fraction of sp³-hybridized carbons (Fsp3) is 0.297. The maximum Gasteiger partial charge on any atom is 0.264 e. The molecular weight excluding hydrogens is 705 g/mol. The summed E-state index contributed by atoms with van der Waals surface area (Å²) in [5.41, 5.74) is 1.72. The van der Waals surface area contributed by atoms with Gasteiger partial charge in [-0.05, 0) is 91.6 Å². The van der Waals surface area contributed by atoms with Crippen molar-refractivity contribution >= 4 is 62.3 Å². The molecule has 4 aromatic rings. The maximum atomic E-state index is 14.7. The van der Waals surface area contributed by atoms with Crippen molar-refractivity contribution in [2.75, 3.05) is 17.5 Å². The van der Waals surface area contributed by atoms with Crippen molar-refractivity contribution in [1.29, 1.82) is 0 Å². The minimum Gasteiger partial charge on any atom is -0.494 e. The molecule has 4 aromatic carbocycles. The Bertz CT molecular complexity index is 1840. The largest absolute Gasteiger partial charge is 0.494 e. The van der Waals surface area contributed by atoms with Gasteiger partial charge in [-0.1, -0.05) is 84.0 Å². The quantitative estimate of drug-likeness (QED) is 0.142. The van der Waals surface area contributed by atoms with Crippen LogP contribution in [0.15, 0.2) is 102 Å². The van der Waals surface area contributed by atoms with Crippen LogP contribution in [0.4, 0.5) is 5.69 Å². The lowest BCUT2D eigenvalue weighted by Crippen LogP contribution is -2.54. The Morgan fingerprint density at radius 1 is 0.857 bits per heavy atom. The Labute approximate surface area is 303 Å². The number of carbonyl (C=O) groups is 2. The predicted octanol–water partition coefficient (Wildman–Crippen LogP) is 7.94. The number of ether oxygens (including phenoxy) is 1. The number of anilines is 1. The molecule has 0 bridgehead atoms.